The van der Waals surface area contributed by atoms with Crippen LogP contribution in [0.5, 0.6) is 11.5 Å². The van der Waals surface area contributed by atoms with E-state index in [1.54, 1.807) is 6.21 Å². The standard InChI is InChI=1S/C21H22N6O2/c22-21(23)25-24-12-17-14-27(13-15-5-2-1-3-6-15)26-20(17)16-7-8-18-19(11-16)29-10-4-9-28-18/h1-3,5-8,11-12,14H,4,9-10,13H2,(H4,22,23,25)/p+1/b24-12+. The van der Waals surface area contributed by atoms with Crippen molar-refractivity contribution < 1.29 is 14.2 Å². The van der Waals surface area contributed by atoms with Gasteiger partial charge in [-0.05, 0) is 18.2 Å². The van der Waals surface area contributed by atoms with Gasteiger partial charge < -0.3 is 20.9 Å². The van der Waals surface area contributed by atoms with E-state index in [1.165, 1.54) is 5.56 Å². The fourth-order valence-electron chi connectivity index (χ4n) is 3.14. The molecule has 8 nitrogen and oxygen atoms in total. The van der Waals surface area contributed by atoms with E-state index in [0.717, 1.165) is 34.7 Å². The normalized spacial score (nSPS) is 13.2. The van der Waals surface area contributed by atoms with Gasteiger partial charge in [0.2, 0.25) is 12.2 Å². The van der Waals surface area contributed by atoms with Crippen molar-refractivity contribution in [1.29, 1.82) is 0 Å². The topological polar surface area (TPSA) is 115 Å². The largest absolute Gasteiger partial charge is 0.490 e. The summed E-state index contributed by atoms with van der Waals surface area (Å²) in [7, 11) is 0. The molecule has 0 radical (unpaired) electrons. The number of guanidine groups is 1. The molecule has 0 amide bonds. The smallest absolute Gasteiger partial charge is 0.211 e. The van der Waals surface area contributed by atoms with Crippen LogP contribution in [0.4, 0.5) is 0 Å². The monoisotopic (exact) mass is 391 g/mol. The van der Waals surface area contributed by atoms with Crippen LogP contribution < -0.4 is 25.6 Å². The zero-order chi connectivity index (χ0) is 20.1. The lowest BCUT2D eigenvalue weighted by atomic mass is 10.1. The van der Waals surface area contributed by atoms with Gasteiger partial charge >= 0.3 is 0 Å². The molecule has 0 unspecified atom stereocenters. The van der Waals surface area contributed by atoms with Gasteiger partial charge in [-0.3, -0.25) is 0 Å². The minimum absolute atomic E-state index is 0.0916. The van der Waals surface area contributed by atoms with E-state index in [2.05, 4.69) is 27.4 Å². The summed E-state index contributed by atoms with van der Waals surface area (Å²) in [5.74, 6) is 1.40. The van der Waals surface area contributed by atoms with Crippen molar-refractivity contribution in [1.82, 2.24) is 5.10 Å². The van der Waals surface area contributed by atoms with Crippen molar-refractivity contribution in [3.8, 4) is 22.8 Å². The van der Waals surface area contributed by atoms with Gasteiger partial charge in [0.1, 0.15) is 5.69 Å². The van der Waals surface area contributed by atoms with Gasteiger partial charge in [0.15, 0.2) is 18.0 Å². The van der Waals surface area contributed by atoms with Crippen molar-refractivity contribution in [3.05, 3.63) is 65.9 Å². The van der Waals surface area contributed by atoms with E-state index in [4.69, 9.17) is 20.9 Å². The SMILES string of the molecule is NC(N)=N/N=C/c1c[n+](Cc2ccccc2)[nH]c1-c1ccc2c(c1)OCCCO2. The highest BCUT2D eigenvalue weighted by atomic mass is 16.5. The number of nitrogens with two attached hydrogens (primary N) is 2. The minimum atomic E-state index is -0.0916. The highest BCUT2D eigenvalue weighted by Crippen LogP contribution is 2.34. The predicted octanol–water partition coefficient (Wildman–Crippen LogP) is 1.79. The number of hydrogen-bond donors (Lipinski definition) is 3. The molecule has 0 bridgehead atoms. The molecule has 0 aliphatic carbocycles. The average Bonchev–Trinajstić information content (AvgIpc) is 2.96. The molecule has 148 valence electrons. The van der Waals surface area contributed by atoms with E-state index in [9.17, 15) is 0 Å². The van der Waals surface area contributed by atoms with E-state index >= 15 is 0 Å². The zero-order valence-corrected chi connectivity index (χ0v) is 15.9. The molecule has 0 atom stereocenters. The Hall–Kier alpha value is -3.81. The molecule has 3 aromatic rings. The van der Waals surface area contributed by atoms with Crippen molar-refractivity contribution in [2.45, 2.75) is 13.0 Å². The molecule has 2 heterocycles. The number of nitrogens with zero attached hydrogens (tertiary/aromatic N) is 3. The summed E-state index contributed by atoms with van der Waals surface area (Å²) in [5, 5.41) is 11.1. The Kier molecular flexibility index (Phi) is 5.42. The maximum atomic E-state index is 5.83. The second-order valence-electron chi connectivity index (χ2n) is 6.67. The first-order valence-corrected chi connectivity index (χ1v) is 9.37. The Morgan fingerprint density at radius 3 is 2.66 bits per heavy atom. The quantitative estimate of drug-likeness (QED) is 0.266. The van der Waals surface area contributed by atoms with Crippen molar-refractivity contribution >= 4 is 12.2 Å². The summed E-state index contributed by atoms with van der Waals surface area (Å²) < 4.78 is 13.6. The molecule has 29 heavy (non-hydrogen) atoms. The van der Waals surface area contributed by atoms with Crippen LogP contribution in [0.1, 0.15) is 17.5 Å². The van der Waals surface area contributed by atoms with Gasteiger partial charge in [-0.2, -0.15) is 10.2 Å². The van der Waals surface area contributed by atoms with E-state index in [-0.39, 0.29) is 5.96 Å². The van der Waals surface area contributed by atoms with Crippen LogP contribution >= 0.6 is 0 Å². The van der Waals surface area contributed by atoms with Crippen LogP contribution in [0.3, 0.4) is 0 Å². The molecular weight excluding hydrogens is 368 g/mol. The summed E-state index contributed by atoms with van der Waals surface area (Å²) in [6.45, 7) is 1.98. The fourth-order valence-corrected chi connectivity index (χ4v) is 3.14. The second-order valence-corrected chi connectivity index (χ2v) is 6.67. The van der Waals surface area contributed by atoms with E-state index in [0.29, 0.717) is 19.8 Å². The van der Waals surface area contributed by atoms with Crippen molar-refractivity contribution in [2.24, 2.45) is 21.7 Å². The molecule has 1 aromatic heterocycles. The van der Waals surface area contributed by atoms with Gasteiger partial charge in [0.05, 0.1) is 25.0 Å². The zero-order valence-electron chi connectivity index (χ0n) is 15.9. The Morgan fingerprint density at radius 1 is 1.07 bits per heavy atom. The fraction of sp³-hybridized carbons (Fsp3) is 0.190. The summed E-state index contributed by atoms with van der Waals surface area (Å²) in [4.78, 5) is 0. The highest BCUT2D eigenvalue weighted by Gasteiger charge is 2.18. The van der Waals surface area contributed by atoms with Gasteiger partial charge in [-0.15, -0.1) is 9.78 Å². The summed E-state index contributed by atoms with van der Waals surface area (Å²) >= 11 is 0. The molecule has 5 N–H and O–H groups in total. The lowest BCUT2D eigenvalue weighted by molar-refractivity contribution is -0.741. The number of aromatic amines is 1. The molecule has 0 saturated heterocycles. The number of hydrogen-bond acceptors (Lipinski definition) is 4. The molecule has 8 heteroatoms. The first-order valence-electron chi connectivity index (χ1n) is 9.37. The van der Waals surface area contributed by atoms with Crippen molar-refractivity contribution in [2.75, 3.05) is 13.2 Å². The van der Waals surface area contributed by atoms with E-state index in [1.807, 2.05) is 47.3 Å². The van der Waals surface area contributed by atoms with Crippen LogP contribution in [0, 0.1) is 0 Å². The molecule has 4 rings (SSSR count). The molecule has 2 aromatic carbocycles. The number of ether oxygens (including phenoxy) is 2. The second kappa shape index (κ2) is 8.47. The number of rotatable bonds is 5. The molecule has 0 saturated carbocycles. The van der Waals surface area contributed by atoms with Crippen LogP contribution in [0.25, 0.3) is 11.3 Å². The Balaban J connectivity index is 1.71. The molecular formula is C21H23N6O2+. The van der Waals surface area contributed by atoms with Gasteiger partial charge in [-0.1, -0.05) is 30.3 Å². The van der Waals surface area contributed by atoms with Crippen LogP contribution in [-0.4, -0.2) is 30.5 Å². The number of benzene rings is 2. The molecule has 1 aliphatic rings. The summed E-state index contributed by atoms with van der Waals surface area (Å²) in [6.07, 6.45) is 4.45. The summed E-state index contributed by atoms with van der Waals surface area (Å²) in [6, 6.07) is 16.1. The van der Waals surface area contributed by atoms with Crippen LogP contribution in [0.2, 0.25) is 0 Å². The predicted molar refractivity (Wildman–Crippen MR) is 111 cm³/mol. The van der Waals surface area contributed by atoms with Crippen LogP contribution in [-0.2, 0) is 6.54 Å². The number of fused-ring (bicyclic) bond motifs is 1. The average molecular weight is 391 g/mol. The third-order valence-corrected chi connectivity index (χ3v) is 4.44. The Morgan fingerprint density at radius 2 is 1.86 bits per heavy atom. The van der Waals surface area contributed by atoms with E-state index < -0.39 is 0 Å². The van der Waals surface area contributed by atoms with Gasteiger partial charge in [-0.25, -0.2) is 0 Å². The number of aromatic nitrogens is 2. The third kappa shape index (κ3) is 4.55. The first-order chi connectivity index (χ1) is 14.2. The van der Waals surface area contributed by atoms with Gasteiger partial charge in [0.25, 0.3) is 0 Å². The minimum Gasteiger partial charge on any atom is -0.490 e. The maximum Gasteiger partial charge on any atom is 0.211 e. The molecule has 0 spiro atoms. The first kappa shape index (κ1) is 18.5. The lowest BCUT2D eigenvalue weighted by Gasteiger charge is -2.08. The van der Waals surface area contributed by atoms with Crippen molar-refractivity contribution in [3.63, 3.8) is 0 Å². The molecule has 1 aliphatic heterocycles. The Bertz CT molecular complexity index is 1040. The van der Waals surface area contributed by atoms with Gasteiger partial charge in [0, 0.05) is 17.5 Å². The highest BCUT2D eigenvalue weighted by molar-refractivity contribution is 5.89. The third-order valence-electron chi connectivity index (χ3n) is 4.44. The summed E-state index contributed by atoms with van der Waals surface area (Å²) in [5.41, 5.74) is 14.6. The Labute approximate surface area is 168 Å². The lowest BCUT2D eigenvalue weighted by Crippen LogP contribution is -2.35. The maximum absolute atomic E-state index is 5.83. The van der Waals surface area contributed by atoms with Crippen LogP contribution in [0.15, 0.2) is 64.9 Å². The number of H-pyrrole nitrogens is 1. The number of nitrogens with one attached hydrogen (secondary N) is 1. The molecule has 0 fully saturated rings.